The second kappa shape index (κ2) is 28.6. The molecule has 0 spiro atoms. The highest BCUT2D eigenvalue weighted by Crippen LogP contribution is 2.11. The van der Waals surface area contributed by atoms with Gasteiger partial charge in [0.2, 0.25) is 5.91 Å². The number of amides is 1. The van der Waals surface area contributed by atoms with Gasteiger partial charge in [-0.25, -0.2) is 0 Å². The molecule has 0 saturated heterocycles. The van der Waals surface area contributed by atoms with Gasteiger partial charge in [-0.3, -0.25) is 4.79 Å². The van der Waals surface area contributed by atoms with Gasteiger partial charge in [0.15, 0.2) is 0 Å². The molecule has 5 heteroatoms. The van der Waals surface area contributed by atoms with Crippen molar-refractivity contribution in [3.8, 4) is 0 Å². The average molecular weight is 536 g/mol. The largest absolute Gasteiger partial charge is 0.394 e. The fourth-order valence-electron chi connectivity index (χ4n) is 4.41. The Morgan fingerprint density at radius 1 is 0.658 bits per heavy atom. The van der Waals surface area contributed by atoms with E-state index in [0.29, 0.717) is 6.42 Å². The van der Waals surface area contributed by atoms with Crippen molar-refractivity contribution in [3.05, 3.63) is 36.5 Å². The van der Waals surface area contributed by atoms with Crippen LogP contribution in [-0.4, -0.2) is 46.1 Å². The Balaban J connectivity index is 3.87. The zero-order valence-electron chi connectivity index (χ0n) is 24.8. The van der Waals surface area contributed by atoms with Gasteiger partial charge < -0.3 is 20.6 Å². The monoisotopic (exact) mass is 535 g/mol. The molecule has 5 nitrogen and oxygen atoms in total. The molecule has 0 radical (unpaired) electrons. The smallest absolute Gasteiger partial charge is 0.249 e. The number of nitrogens with one attached hydrogen (secondary N) is 1. The van der Waals surface area contributed by atoms with Gasteiger partial charge in [0.1, 0.15) is 6.10 Å². The second-order valence-corrected chi connectivity index (χ2v) is 10.7. The molecule has 1 amide bonds. The highest BCUT2D eigenvalue weighted by molar-refractivity contribution is 5.80. The first-order valence-corrected chi connectivity index (χ1v) is 15.8. The van der Waals surface area contributed by atoms with Crippen LogP contribution in [0.15, 0.2) is 36.5 Å². The minimum atomic E-state index is -1.11. The zero-order valence-corrected chi connectivity index (χ0v) is 24.8. The quantitative estimate of drug-likeness (QED) is 0.0493. The van der Waals surface area contributed by atoms with Gasteiger partial charge in [0.05, 0.1) is 18.8 Å². The summed E-state index contributed by atoms with van der Waals surface area (Å²) in [5, 5.41) is 32.7. The van der Waals surface area contributed by atoms with Crippen LogP contribution in [0.4, 0.5) is 0 Å². The summed E-state index contributed by atoms with van der Waals surface area (Å²) in [4.78, 5) is 12.3. The summed E-state index contributed by atoms with van der Waals surface area (Å²) in [7, 11) is 0. The molecule has 0 bridgehead atoms. The highest BCUT2D eigenvalue weighted by atomic mass is 16.3. The van der Waals surface area contributed by atoms with Crippen LogP contribution < -0.4 is 5.32 Å². The lowest BCUT2D eigenvalue weighted by atomic mass is 10.0. The lowest BCUT2D eigenvalue weighted by Gasteiger charge is -2.21. The van der Waals surface area contributed by atoms with Crippen LogP contribution in [-0.2, 0) is 4.79 Å². The third-order valence-electron chi connectivity index (χ3n) is 7.00. The Kier molecular flexibility index (Phi) is 27.5. The van der Waals surface area contributed by atoms with E-state index in [-0.39, 0.29) is 6.61 Å². The Hall–Kier alpha value is -1.43. The fourth-order valence-corrected chi connectivity index (χ4v) is 4.41. The van der Waals surface area contributed by atoms with E-state index in [1.807, 2.05) is 6.08 Å². The molecular formula is C33H61NO4. The summed E-state index contributed by atoms with van der Waals surface area (Å²) in [6, 6.07) is -0.800. The van der Waals surface area contributed by atoms with Crippen LogP contribution in [0.1, 0.15) is 142 Å². The van der Waals surface area contributed by atoms with E-state index in [4.69, 9.17) is 0 Å². The molecule has 0 rings (SSSR count). The predicted octanol–water partition coefficient (Wildman–Crippen LogP) is 7.70. The molecule has 0 aliphatic heterocycles. The zero-order chi connectivity index (χ0) is 28.1. The topological polar surface area (TPSA) is 89.8 Å². The fraction of sp³-hybridized carbons (Fsp3) is 0.788. The Morgan fingerprint density at radius 3 is 1.66 bits per heavy atom. The molecule has 222 valence electrons. The molecule has 0 aliphatic carbocycles. The van der Waals surface area contributed by atoms with Gasteiger partial charge in [-0.15, -0.1) is 0 Å². The molecule has 0 saturated carbocycles. The molecular weight excluding hydrogens is 474 g/mol. The molecule has 0 aromatic heterocycles. The Labute approximate surface area is 234 Å². The van der Waals surface area contributed by atoms with E-state index in [2.05, 4.69) is 43.5 Å². The summed E-state index contributed by atoms with van der Waals surface area (Å²) in [5.74, 6) is -0.521. The van der Waals surface area contributed by atoms with Gasteiger partial charge in [0.25, 0.3) is 0 Å². The van der Waals surface area contributed by atoms with Crippen molar-refractivity contribution in [3.63, 3.8) is 0 Å². The lowest BCUT2D eigenvalue weighted by molar-refractivity contribution is -0.131. The molecule has 0 heterocycles. The number of carbonyl (C=O) groups excluding carboxylic acids is 1. The van der Waals surface area contributed by atoms with Crippen LogP contribution in [0.5, 0.6) is 0 Å². The van der Waals surface area contributed by atoms with E-state index < -0.39 is 24.2 Å². The normalized spacial score (nSPS) is 14.6. The molecule has 4 N–H and O–H groups in total. The number of unbranched alkanes of at least 4 members (excludes halogenated alkanes) is 16. The maximum atomic E-state index is 12.3. The summed E-state index contributed by atoms with van der Waals surface area (Å²) >= 11 is 0. The Bertz CT molecular complexity index is 602. The van der Waals surface area contributed by atoms with Crippen molar-refractivity contribution in [2.24, 2.45) is 0 Å². The van der Waals surface area contributed by atoms with Crippen LogP contribution in [0, 0.1) is 0 Å². The summed E-state index contributed by atoms with van der Waals surface area (Å²) in [6.45, 7) is 4.08. The van der Waals surface area contributed by atoms with Crippen LogP contribution >= 0.6 is 0 Å². The van der Waals surface area contributed by atoms with Crippen molar-refractivity contribution >= 4 is 5.91 Å². The van der Waals surface area contributed by atoms with E-state index >= 15 is 0 Å². The van der Waals surface area contributed by atoms with E-state index in [1.54, 1.807) is 6.08 Å². The summed E-state index contributed by atoms with van der Waals surface area (Å²) in [5.41, 5.74) is 0. The molecule has 38 heavy (non-hydrogen) atoms. The third kappa shape index (κ3) is 23.7. The van der Waals surface area contributed by atoms with Gasteiger partial charge in [-0.1, -0.05) is 134 Å². The molecule has 0 fully saturated rings. The summed E-state index contributed by atoms with van der Waals surface area (Å²) < 4.78 is 0. The number of aliphatic hydroxyl groups is 3. The Morgan fingerprint density at radius 2 is 1.11 bits per heavy atom. The molecule has 0 aromatic carbocycles. The van der Waals surface area contributed by atoms with Gasteiger partial charge in [-0.05, 0) is 44.9 Å². The molecule has 0 aliphatic rings. The lowest BCUT2D eigenvalue weighted by Crippen LogP contribution is -2.48. The summed E-state index contributed by atoms with van der Waals surface area (Å²) in [6.07, 6.45) is 32.9. The highest BCUT2D eigenvalue weighted by Gasteiger charge is 2.22. The number of allylic oxidation sites excluding steroid dienone is 5. The average Bonchev–Trinajstić information content (AvgIpc) is 2.92. The van der Waals surface area contributed by atoms with Gasteiger partial charge in [-0.2, -0.15) is 0 Å². The maximum absolute atomic E-state index is 12.3. The van der Waals surface area contributed by atoms with Crippen LogP contribution in [0.2, 0.25) is 0 Å². The van der Waals surface area contributed by atoms with E-state index in [0.717, 1.165) is 51.4 Å². The van der Waals surface area contributed by atoms with E-state index in [9.17, 15) is 20.1 Å². The van der Waals surface area contributed by atoms with Gasteiger partial charge in [0, 0.05) is 0 Å². The second-order valence-electron chi connectivity index (χ2n) is 10.7. The van der Waals surface area contributed by atoms with Crippen molar-refractivity contribution in [2.45, 2.75) is 161 Å². The van der Waals surface area contributed by atoms with Crippen molar-refractivity contribution in [2.75, 3.05) is 6.61 Å². The number of aliphatic hydroxyl groups excluding tert-OH is 3. The molecule has 3 atom stereocenters. The van der Waals surface area contributed by atoms with Crippen molar-refractivity contribution in [1.82, 2.24) is 5.32 Å². The SMILES string of the molecule is CCCCC/C=C\C=C/CCCCCCCC(O)C(=O)NC(CO)C(O)/C=C/CCCCCCCCCC. The van der Waals surface area contributed by atoms with Crippen LogP contribution in [0.3, 0.4) is 0 Å². The first kappa shape index (κ1) is 36.6. The number of rotatable bonds is 27. The van der Waals surface area contributed by atoms with Crippen LogP contribution in [0.25, 0.3) is 0 Å². The number of hydrogen-bond donors (Lipinski definition) is 4. The van der Waals surface area contributed by atoms with Crippen molar-refractivity contribution in [1.29, 1.82) is 0 Å². The van der Waals surface area contributed by atoms with Crippen molar-refractivity contribution < 1.29 is 20.1 Å². The molecule has 3 unspecified atom stereocenters. The number of carbonyl (C=O) groups is 1. The van der Waals surface area contributed by atoms with Gasteiger partial charge >= 0.3 is 0 Å². The third-order valence-corrected chi connectivity index (χ3v) is 7.00. The standard InChI is InChI=1S/C33H61NO4/c1-3-5-7-9-11-13-15-16-17-18-20-22-24-26-28-32(37)33(38)34-30(29-35)31(36)27-25-23-21-19-14-12-10-8-6-4-2/h11,13,15-16,25,27,30-32,35-37H,3-10,12,14,17-24,26,28-29H2,1-2H3,(H,34,38)/b13-11-,16-15-,27-25+. The minimum absolute atomic E-state index is 0.370. The minimum Gasteiger partial charge on any atom is -0.394 e. The first-order chi connectivity index (χ1) is 18.6. The van der Waals surface area contributed by atoms with E-state index in [1.165, 1.54) is 70.6 Å². The predicted molar refractivity (Wildman–Crippen MR) is 162 cm³/mol. The maximum Gasteiger partial charge on any atom is 0.249 e. The first-order valence-electron chi connectivity index (χ1n) is 15.8. The molecule has 0 aromatic rings. The number of hydrogen-bond acceptors (Lipinski definition) is 4.